The average Bonchev–Trinajstić information content (AvgIpc) is 3.05. The summed E-state index contributed by atoms with van der Waals surface area (Å²) < 4.78 is 10.3. The Balaban J connectivity index is 1.60. The van der Waals surface area contributed by atoms with E-state index >= 15 is 0 Å². The molecule has 0 atom stereocenters. The Morgan fingerprint density at radius 3 is 2.75 bits per heavy atom. The Labute approximate surface area is 164 Å². The van der Waals surface area contributed by atoms with Gasteiger partial charge in [-0.25, -0.2) is 9.78 Å². The van der Waals surface area contributed by atoms with E-state index in [4.69, 9.17) is 20.8 Å². The number of aromatic amines is 1. The molecule has 0 fully saturated rings. The zero-order valence-corrected chi connectivity index (χ0v) is 15.8. The maximum Gasteiger partial charge on any atom is 0.417 e. The fraction of sp³-hybridized carbons (Fsp3) is 0.105. The second kappa shape index (κ2) is 7.24. The van der Waals surface area contributed by atoms with Crippen molar-refractivity contribution >= 4 is 45.8 Å². The van der Waals surface area contributed by atoms with Gasteiger partial charge in [0.1, 0.15) is 10.8 Å². The van der Waals surface area contributed by atoms with Gasteiger partial charge < -0.3 is 19.8 Å². The number of halogens is 1. The minimum Gasteiger partial charge on any atom is -0.496 e. The Hall–Kier alpha value is -3.52. The number of hydrogen-bond acceptors (Lipinski definition) is 7. The van der Waals surface area contributed by atoms with Gasteiger partial charge in [-0.2, -0.15) is 4.98 Å². The molecule has 0 aliphatic heterocycles. The number of fused-ring (bicyclic) bond motifs is 1. The number of nitrogens with zero attached hydrogens (tertiary/aromatic N) is 2. The largest absolute Gasteiger partial charge is 0.496 e. The summed E-state index contributed by atoms with van der Waals surface area (Å²) in [5.74, 6) is 1.05. The van der Waals surface area contributed by atoms with Gasteiger partial charge in [-0.3, -0.25) is 4.98 Å². The number of rotatable bonds is 5. The monoisotopic (exact) mass is 397 g/mol. The van der Waals surface area contributed by atoms with Crippen molar-refractivity contribution in [3.05, 3.63) is 63.7 Å². The van der Waals surface area contributed by atoms with Crippen LogP contribution in [-0.2, 0) is 0 Å². The Morgan fingerprint density at radius 2 is 1.93 bits per heavy atom. The number of oxazole rings is 1. The molecule has 2 aromatic heterocycles. The summed E-state index contributed by atoms with van der Waals surface area (Å²) in [6.07, 6.45) is 1.50. The van der Waals surface area contributed by atoms with Crippen molar-refractivity contribution in [2.45, 2.75) is 6.92 Å². The van der Waals surface area contributed by atoms with Crippen LogP contribution in [0.4, 0.5) is 23.1 Å². The van der Waals surface area contributed by atoms with Crippen LogP contribution in [0.3, 0.4) is 0 Å². The van der Waals surface area contributed by atoms with Crippen LogP contribution in [0.1, 0.15) is 5.56 Å². The number of benzene rings is 2. The van der Waals surface area contributed by atoms with E-state index in [0.717, 1.165) is 17.0 Å². The summed E-state index contributed by atoms with van der Waals surface area (Å²) in [5.41, 5.74) is 3.55. The molecule has 28 heavy (non-hydrogen) atoms. The van der Waals surface area contributed by atoms with Crippen molar-refractivity contribution < 1.29 is 9.15 Å². The first kappa shape index (κ1) is 17.9. The minimum absolute atomic E-state index is 0.354. The normalized spacial score (nSPS) is 10.8. The maximum atomic E-state index is 11.3. The number of methoxy groups -OCH3 is 1. The molecule has 2 heterocycles. The van der Waals surface area contributed by atoms with Crippen LogP contribution in [0.25, 0.3) is 11.1 Å². The number of anilines is 4. The smallest absolute Gasteiger partial charge is 0.417 e. The average molecular weight is 398 g/mol. The first-order valence-electron chi connectivity index (χ1n) is 8.36. The third-order valence-electron chi connectivity index (χ3n) is 4.09. The molecule has 8 nitrogen and oxygen atoms in total. The fourth-order valence-electron chi connectivity index (χ4n) is 2.71. The molecule has 0 radical (unpaired) electrons. The predicted molar refractivity (Wildman–Crippen MR) is 108 cm³/mol. The van der Waals surface area contributed by atoms with Crippen molar-refractivity contribution in [2.24, 2.45) is 0 Å². The van der Waals surface area contributed by atoms with E-state index in [1.54, 1.807) is 25.3 Å². The molecule has 9 heteroatoms. The number of ether oxygens (including phenoxy) is 1. The first-order chi connectivity index (χ1) is 13.5. The molecule has 0 aliphatic rings. The molecule has 0 bridgehead atoms. The molecule has 0 unspecified atom stereocenters. The van der Waals surface area contributed by atoms with Gasteiger partial charge in [0.25, 0.3) is 0 Å². The zero-order chi connectivity index (χ0) is 19.7. The second-order valence-corrected chi connectivity index (χ2v) is 6.46. The topological polar surface area (TPSA) is 105 Å². The van der Waals surface area contributed by atoms with Gasteiger partial charge in [0.2, 0.25) is 5.95 Å². The second-order valence-electron chi connectivity index (χ2n) is 6.05. The van der Waals surface area contributed by atoms with Gasteiger partial charge >= 0.3 is 5.76 Å². The third kappa shape index (κ3) is 3.63. The highest BCUT2D eigenvalue weighted by Gasteiger charge is 2.09. The highest BCUT2D eigenvalue weighted by atomic mass is 35.5. The Morgan fingerprint density at radius 1 is 1.14 bits per heavy atom. The lowest BCUT2D eigenvalue weighted by atomic mass is 10.2. The first-order valence-corrected chi connectivity index (χ1v) is 8.74. The molecule has 3 N–H and O–H groups in total. The van der Waals surface area contributed by atoms with E-state index in [2.05, 4.69) is 25.6 Å². The van der Waals surface area contributed by atoms with Gasteiger partial charge in [-0.05, 0) is 36.8 Å². The molecule has 0 amide bonds. The van der Waals surface area contributed by atoms with Crippen molar-refractivity contribution in [3.63, 3.8) is 0 Å². The summed E-state index contributed by atoms with van der Waals surface area (Å²) in [7, 11) is 1.62. The Kier molecular flexibility index (Phi) is 4.62. The fourth-order valence-corrected chi connectivity index (χ4v) is 2.85. The molecule has 0 aliphatic carbocycles. The molecular weight excluding hydrogens is 382 g/mol. The molecule has 2 aromatic carbocycles. The number of aryl methyl sites for hydroxylation is 1. The lowest BCUT2D eigenvalue weighted by Crippen LogP contribution is -2.02. The van der Waals surface area contributed by atoms with E-state index in [-0.39, 0.29) is 0 Å². The maximum absolute atomic E-state index is 11.3. The minimum atomic E-state index is -0.507. The molecule has 0 saturated heterocycles. The van der Waals surface area contributed by atoms with E-state index in [1.165, 1.54) is 6.20 Å². The van der Waals surface area contributed by atoms with Crippen LogP contribution in [-0.4, -0.2) is 22.1 Å². The molecule has 4 aromatic rings. The van der Waals surface area contributed by atoms with E-state index in [1.807, 2.05) is 25.1 Å². The summed E-state index contributed by atoms with van der Waals surface area (Å²) in [4.78, 5) is 22.5. The van der Waals surface area contributed by atoms with Crippen LogP contribution in [0, 0.1) is 6.92 Å². The highest BCUT2D eigenvalue weighted by molar-refractivity contribution is 6.32. The van der Waals surface area contributed by atoms with Crippen LogP contribution in [0.2, 0.25) is 5.02 Å². The van der Waals surface area contributed by atoms with Gasteiger partial charge in [0.15, 0.2) is 11.4 Å². The van der Waals surface area contributed by atoms with Crippen LogP contribution in [0.15, 0.2) is 51.8 Å². The number of aromatic nitrogens is 3. The van der Waals surface area contributed by atoms with Crippen LogP contribution < -0.4 is 21.1 Å². The third-order valence-corrected chi connectivity index (χ3v) is 4.37. The van der Waals surface area contributed by atoms with Crippen molar-refractivity contribution in [3.8, 4) is 5.75 Å². The van der Waals surface area contributed by atoms with Crippen molar-refractivity contribution in [1.29, 1.82) is 0 Å². The number of hydrogen-bond donors (Lipinski definition) is 3. The quantitative estimate of drug-likeness (QED) is 0.459. The van der Waals surface area contributed by atoms with Gasteiger partial charge in [0.05, 0.1) is 18.8 Å². The predicted octanol–water partition coefficient (Wildman–Crippen LogP) is 4.37. The van der Waals surface area contributed by atoms with Gasteiger partial charge in [-0.15, -0.1) is 0 Å². The summed E-state index contributed by atoms with van der Waals surface area (Å²) in [5, 5.41) is 6.60. The molecular formula is C19H16ClN5O3. The highest BCUT2D eigenvalue weighted by Crippen LogP contribution is 2.28. The van der Waals surface area contributed by atoms with Gasteiger partial charge in [-0.1, -0.05) is 17.7 Å². The van der Waals surface area contributed by atoms with E-state index < -0.39 is 5.76 Å². The molecule has 142 valence electrons. The standard InChI is InChI=1S/C19H16ClN5O3/c1-10-3-4-12(8-16(10)27-2)23-18-21-9-13(20)17(25-18)22-11-5-6-15-14(7-11)24-19(26)28-15/h3-9H,1-2H3,(H,24,26)(H2,21,22,23,25). The summed E-state index contributed by atoms with van der Waals surface area (Å²) in [6.45, 7) is 1.97. The van der Waals surface area contributed by atoms with Gasteiger partial charge in [0, 0.05) is 17.4 Å². The SMILES string of the molecule is COc1cc(Nc2ncc(Cl)c(Nc3ccc4oc(=O)[nH]c4c3)n2)ccc1C. The number of nitrogens with one attached hydrogen (secondary N) is 3. The summed E-state index contributed by atoms with van der Waals surface area (Å²) >= 11 is 6.23. The lowest BCUT2D eigenvalue weighted by molar-refractivity contribution is 0.412. The van der Waals surface area contributed by atoms with E-state index in [9.17, 15) is 4.79 Å². The van der Waals surface area contributed by atoms with Crippen LogP contribution >= 0.6 is 11.6 Å². The summed E-state index contributed by atoms with van der Waals surface area (Å²) in [6, 6.07) is 10.9. The van der Waals surface area contributed by atoms with Crippen molar-refractivity contribution in [2.75, 3.05) is 17.7 Å². The molecule has 0 saturated carbocycles. The molecule has 0 spiro atoms. The zero-order valence-electron chi connectivity index (χ0n) is 15.0. The van der Waals surface area contributed by atoms with Crippen LogP contribution in [0.5, 0.6) is 5.75 Å². The van der Waals surface area contributed by atoms with E-state index in [0.29, 0.717) is 33.6 Å². The Bertz CT molecular complexity index is 1220. The lowest BCUT2D eigenvalue weighted by Gasteiger charge is -2.11. The molecule has 4 rings (SSSR count). The van der Waals surface area contributed by atoms with Crippen molar-refractivity contribution in [1.82, 2.24) is 15.0 Å². The number of H-pyrrole nitrogens is 1.